The van der Waals surface area contributed by atoms with Crippen molar-refractivity contribution in [1.82, 2.24) is 19.7 Å². The van der Waals surface area contributed by atoms with Crippen molar-refractivity contribution in [3.63, 3.8) is 0 Å². The first-order valence-corrected chi connectivity index (χ1v) is 8.63. The zero-order valence-corrected chi connectivity index (χ0v) is 14.6. The van der Waals surface area contributed by atoms with Crippen molar-refractivity contribution in [1.29, 1.82) is 0 Å². The number of hydrogen-bond acceptors (Lipinski definition) is 3. The van der Waals surface area contributed by atoms with Gasteiger partial charge in [-0.3, -0.25) is 4.79 Å². The van der Waals surface area contributed by atoms with E-state index < -0.39 is 0 Å². The molecule has 2 unspecified atom stereocenters. The van der Waals surface area contributed by atoms with E-state index in [1.807, 2.05) is 35.2 Å². The van der Waals surface area contributed by atoms with Gasteiger partial charge in [0.15, 0.2) is 0 Å². The van der Waals surface area contributed by atoms with Gasteiger partial charge >= 0.3 is 0 Å². The summed E-state index contributed by atoms with van der Waals surface area (Å²) in [6, 6.07) is 10.1. The van der Waals surface area contributed by atoms with Gasteiger partial charge < -0.3 is 4.90 Å². The lowest BCUT2D eigenvalue weighted by molar-refractivity contribution is 0.0696. The summed E-state index contributed by atoms with van der Waals surface area (Å²) in [5.41, 5.74) is 1.44. The highest BCUT2D eigenvalue weighted by Gasteiger charge is 2.51. The third kappa shape index (κ3) is 2.62. The maximum Gasteiger partial charge on any atom is 0.293 e. The summed E-state index contributed by atoms with van der Waals surface area (Å²) in [7, 11) is 0. The van der Waals surface area contributed by atoms with Crippen molar-refractivity contribution in [2.24, 2.45) is 10.8 Å². The maximum absolute atomic E-state index is 13.0. The Morgan fingerprint density at radius 2 is 1.92 bits per heavy atom. The Labute approximate surface area is 142 Å². The van der Waals surface area contributed by atoms with E-state index in [2.05, 4.69) is 30.9 Å². The zero-order valence-electron chi connectivity index (χ0n) is 14.6. The van der Waals surface area contributed by atoms with E-state index in [1.54, 1.807) is 11.0 Å². The molecule has 1 aromatic heterocycles. The van der Waals surface area contributed by atoms with E-state index in [4.69, 9.17) is 0 Å². The SMILES string of the molecule is CC1(C)CC2CC(C)(CN2C(=O)c2ncn(-c3ccccc3)n2)C1. The van der Waals surface area contributed by atoms with Gasteiger partial charge in [0.05, 0.1) is 5.69 Å². The smallest absolute Gasteiger partial charge is 0.293 e. The number of fused-ring (bicyclic) bond motifs is 2. The third-order valence-electron chi connectivity index (χ3n) is 5.38. The van der Waals surface area contributed by atoms with Crippen LogP contribution in [-0.2, 0) is 0 Å². The van der Waals surface area contributed by atoms with Crippen LogP contribution in [0.5, 0.6) is 0 Å². The Kier molecular flexibility index (Phi) is 3.31. The normalized spacial score (nSPS) is 28.1. The number of rotatable bonds is 2. The molecule has 5 heteroatoms. The molecule has 0 N–H and O–H groups in total. The van der Waals surface area contributed by atoms with Crippen LogP contribution in [0.2, 0.25) is 0 Å². The summed E-state index contributed by atoms with van der Waals surface area (Å²) < 4.78 is 1.67. The van der Waals surface area contributed by atoms with Crippen LogP contribution in [0.15, 0.2) is 36.7 Å². The van der Waals surface area contributed by atoms with Crippen molar-refractivity contribution < 1.29 is 4.79 Å². The number of para-hydroxylation sites is 1. The molecule has 2 bridgehead atoms. The van der Waals surface area contributed by atoms with Crippen molar-refractivity contribution in [2.45, 2.75) is 46.1 Å². The summed E-state index contributed by atoms with van der Waals surface area (Å²) in [6.07, 6.45) is 4.96. The second-order valence-electron chi connectivity index (χ2n) is 8.50. The number of carbonyl (C=O) groups excluding carboxylic acids is 1. The molecule has 2 fully saturated rings. The number of amides is 1. The first kappa shape index (κ1) is 15.4. The van der Waals surface area contributed by atoms with Gasteiger partial charge in [-0.1, -0.05) is 39.0 Å². The summed E-state index contributed by atoms with van der Waals surface area (Å²) >= 11 is 0. The fraction of sp³-hybridized carbons (Fsp3) is 0.526. The van der Waals surface area contributed by atoms with Crippen molar-refractivity contribution in [3.05, 3.63) is 42.5 Å². The van der Waals surface area contributed by atoms with E-state index in [1.165, 1.54) is 6.42 Å². The molecule has 1 amide bonds. The highest BCUT2D eigenvalue weighted by Crippen LogP contribution is 2.52. The van der Waals surface area contributed by atoms with Crippen LogP contribution in [-0.4, -0.2) is 38.2 Å². The molecule has 1 saturated heterocycles. The lowest BCUT2D eigenvalue weighted by Gasteiger charge is -2.39. The molecule has 1 aromatic carbocycles. The second kappa shape index (κ2) is 5.16. The highest BCUT2D eigenvalue weighted by molar-refractivity contribution is 5.91. The lowest BCUT2D eigenvalue weighted by atomic mass is 9.65. The monoisotopic (exact) mass is 324 g/mol. The molecule has 4 rings (SSSR count). The van der Waals surface area contributed by atoms with Gasteiger partial charge in [0.25, 0.3) is 5.91 Å². The number of aromatic nitrogens is 3. The summed E-state index contributed by atoms with van der Waals surface area (Å²) in [5.74, 6) is 0.268. The average Bonchev–Trinajstić information content (AvgIpc) is 3.09. The third-order valence-corrected chi connectivity index (χ3v) is 5.38. The molecule has 2 aromatic rings. The van der Waals surface area contributed by atoms with Gasteiger partial charge in [-0.15, -0.1) is 5.10 Å². The van der Waals surface area contributed by atoms with Crippen LogP contribution in [0, 0.1) is 10.8 Å². The van der Waals surface area contributed by atoms with Crippen LogP contribution in [0.4, 0.5) is 0 Å². The van der Waals surface area contributed by atoms with E-state index in [0.717, 1.165) is 25.1 Å². The van der Waals surface area contributed by atoms with Crippen LogP contribution in [0.1, 0.15) is 50.7 Å². The minimum atomic E-state index is -0.0314. The van der Waals surface area contributed by atoms with E-state index in [9.17, 15) is 4.79 Å². The Morgan fingerprint density at radius 3 is 2.67 bits per heavy atom. The fourth-order valence-corrected chi connectivity index (χ4v) is 4.89. The summed E-state index contributed by atoms with van der Waals surface area (Å²) in [4.78, 5) is 19.3. The summed E-state index contributed by atoms with van der Waals surface area (Å²) in [6.45, 7) is 7.76. The van der Waals surface area contributed by atoms with Gasteiger partial charge in [-0.25, -0.2) is 9.67 Å². The topological polar surface area (TPSA) is 51.0 Å². The van der Waals surface area contributed by atoms with Gasteiger partial charge in [0, 0.05) is 12.6 Å². The molecule has 0 radical (unpaired) electrons. The number of carbonyl (C=O) groups is 1. The average molecular weight is 324 g/mol. The lowest BCUT2D eigenvalue weighted by Crippen LogP contribution is -2.38. The van der Waals surface area contributed by atoms with Crippen LogP contribution < -0.4 is 0 Å². The zero-order chi connectivity index (χ0) is 16.9. The van der Waals surface area contributed by atoms with Crippen LogP contribution in [0.3, 0.4) is 0 Å². The largest absolute Gasteiger partial charge is 0.332 e. The van der Waals surface area contributed by atoms with Crippen molar-refractivity contribution in [3.8, 4) is 5.69 Å². The Hall–Kier alpha value is -2.17. The van der Waals surface area contributed by atoms with Gasteiger partial charge in [0.1, 0.15) is 6.33 Å². The Morgan fingerprint density at radius 1 is 1.17 bits per heavy atom. The molecule has 5 nitrogen and oxygen atoms in total. The molecule has 24 heavy (non-hydrogen) atoms. The number of likely N-dealkylation sites (tertiary alicyclic amines) is 1. The minimum Gasteiger partial charge on any atom is -0.332 e. The maximum atomic E-state index is 13.0. The molecule has 1 aliphatic heterocycles. The van der Waals surface area contributed by atoms with E-state index in [0.29, 0.717) is 17.3 Å². The number of benzene rings is 1. The molecule has 2 atom stereocenters. The van der Waals surface area contributed by atoms with Gasteiger partial charge in [-0.2, -0.15) is 0 Å². The predicted molar refractivity (Wildman–Crippen MR) is 91.9 cm³/mol. The highest BCUT2D eigenvalue weighted by atomic mass is 16.2. The molecule has 2 aliphatic rings. The van der Waals surface area contributed by atoms with Crippen molar-refractivity contribution >= 4 is 5.91 Å². The van der Waals surface area contributed by atoms with Crippen LogP contribution >= 0.6 is 0 Å². The molecule has 1 saturated carbocycles. The molecular formula is C19H24N4O. The van der Waals surface area contributed by atoms with Gasteiger partial charge in [-0.05, 0) is 42.2 Å². The quantitative estimate of drug-likeness (QED) is 0.851. The van der Waals surface area contributed by atoms with E-state index in [-0.39, 0.29) is 11.3 Å². The molecular weight excluding hydrogens is 300 g/mol. The van der Waals surface area contributed by atoms with Crippen LogP contribution in [0.25, 0.3) is 5.69 Å². The van der Waals surface area contributed by atoms with Gasteiger partial charge in [0.2, 0.25) is 5.82 Å². The van der Waals surface area contributed by atoms with E-state index >= 15 is 0 Å². The first-order chi connectivity index (χ1) is 11.4. The molecule has 1 aliphatic carbocycles. The number of nitrogens with zero attached hydrogens (tertiary/aromatic N) is 4. The molecule has 126 valence electrons. The molecule has 0 spiro atoms. The van der Waals surface area contributed by atoms with Crippen molar-refractivity contribution in [2.75, 3.05) is 6.54 Å². The Balaban J connectivity index is 1.58. The second-order valence-corrected chi connectivity index (χ2v) is 8.50. The fourth-order valence-electron chi connectivity index (χ4n) is 4.89. The summed E-state index contributed by atoms with van der Waals surface area (Å²) in [5, 5.41) is 4.41. The molecule has 2 heterocycles. The minimum absolute atomic E-state index is 0.0314. The first-order valence-electron chi connectivity index (χ1n) is 8.63. The Bertz CT molecular complexity index is 767. The predicted octanol–water partition coefficient (Wildman–Crippen LogP) is 3.31. The standard InChI is InChI=1S/C19H24N4O/c1-18(2)9-15-10-19(3,11-18)12-22(15)17(24)16-20-13-23(21-16)14-7-5-4-6-8-14/h4-8,13,15H,9-12H2,1-3H3. The number of hydrogen-bond donors (Lipinski definition) is 0.